The molecule has 0 aromatic carbocycles. The maximum Gasteiger partial charge on any atom is 0.161 e. The number of nitrogens with one attached hydrogen (secondary N) is 1. The first-order valence-electron chi connectivity index (χ1n) is 13.9. The zero-order valence-electron chi connectivity index (χ0n) is 23.1. The molecule has 11 nitrogen and oxygen atoms in total. The van der Waals surface area contributed by atoms with Crippen molar-refractivity contribution in [3.63, 3.8) is 0 Å². The minimum atomic E-state index is -0.0749. The number of piperidine rings is 1. The van der Waals surface area contributed by atoms with Gasteiger partial charge in [-0.2, -0.15) is 10.2 Å². The number of hydrogen-bond donors (Lipinski definition) is 2. The van der Waals surface area contributed by atoms with Crippen LogP contribution >= 0.6 is 0 Å². The van der Waals surface area contributed by atoms with Crippen molar-refractivity contribution in [2.45, 2.75) is 51.9 Å². The zero-order valence-corrected chi connectivity index (χ0v) is 23.1. The Morgan fingerprint density at radius 3 is 2.41 bits per heavy atom. The number of aryl methyl sites for hydroxylation is 2. The smallest absolute Gasteiger partial charge is 0.161 e. The molecule has 8 heterocycles. The van der Waals surface area contributed by atoms with Crippen LogP contribution in [-0.2, 0) is 19.6 Å². The molecule has 0 aliphatic carbocycles. The van der Waals surface area contributed by atoms with E-state index in [4.69, 9.17) is 9.97 Å². The highest BCUT2D eigenvalue weighted by Gasteiger charge is 2.44. The van der Waals surface area contributed by atoms with Crippen molar-refractivity contribution in [1.82, 2.24) is 44.8 Å². The molecular weight excluding hydrogens is 516 g/mol. The molecule has 208 valence electrons. The molecule has 2 bridgehead atoms. The number of aliphatic hydroxyl groups excluding tert-OH is 1. The second-order valence-electron chi connectivity index (χ2n) is 11.0. The number of fused-ring (bicyclic) bond motifs is 2. The fourth-order valence-electron chi connectivity index (χ4n) is 5.87. The molecule has 3 fully saturated rings. The van der Waals surface area contributed by atoms with Gasteiger partial charge >= 0.3 is 0 Å². The number of piperazine rings is 1. The molecule has 3 aliphatic rings. The summed E-state index contributed by atoms with van der Waals surface area (Å²) in [5.41, 5.74) is 6.62. The van der Waals surface area contributed by atoms with E-state index in [1.54, 1.807) is 10.7 Å². The van der Waals surface area contributed by atoms with Gasteiger partial charge in [0.15, 0.2) is 11.6 Å². The van der Waals surface area contributed by atoms with Gasteiger partial charge in [0.05, 0.1) is 23.7 Å². The molecule has 8 rings (SSSR count). The molecule has 3 aliphatic heterocycles. The van der Waals surface area contributed by atoms with Crippen molar-refractivity contribution >= 4 is 5.82 Å². The zero-order chi connectivity index (χ0) is 27.9. The first-order chi connectivity index (χ1) is 20.0. The largest absolute Gasteiger partial charge is 0.390 e. The first kappa shape index (κ1) is 25.5. The molecule has 5 aromatic rings. The number of aromatic nitrogens is 8. The van der Waals surface area contributed by atoms with E-state index in [9.17, 15) is 5.11 Å². The topological polar surface area (TPSA) is 125 Å². The quantitative estimate of drug-likeness (QED) is 0.301. The molecule has 11 heteroatoms. The molecular formula is C30H32N10O. The van der Waals surface area contributed by atoms with Crippen LogP contribution in [0.2, 0.25) is 0 Å². The van der Waals surface area contributed by atoms with Gasteiger partial charge in [0.2, 0.25) is 0 Å². The van der Waals surface area contributed by atoms with Crippen molar-refractivity contribution in [3.05, 3.63) is 95.1 Å². The number of H-pyrrole nitrogens is 1. The van der Waals surface area contributed by atoms with Crippen LogP contribution < -0.4 is 4.90 Å². The van der Waals surface area contributed by atoms with E-state index in [0.29, 0.717) is 30.0 Å². The van der Waals surface area contributed by atoms with E-state index in [-0.39, 0.29) is 6.61 Å². The highest BCUT2D eigenvalue weighted by molar-refractivity contribution is 5.57. The van der Waals surface area contributed by atoms with Gasteiger partial charge in [0.25, 0.3) is 0 Å². The number of nitrogens with zero attached hydrogens (tertiary/aromatic N) is 9. The Labute approximate surface area is 237 Å². The average molecular weight is 549 g/mol. The molecule has 0 spiro atoms. The molecule has 41 heavy (non-hydrogen) atoms. The number of aromatic amines is 1. The normalized spacial score (nSPS) is 18.5. The predicted octanol–water partition coefficient (Wildman–Crippen LogP) is 3.01. The third-order valence-corrected chi connectivity index (χ3v) is 7.92. The fourth-order valence-corrected chi connectivity index (χ4v) is 5.87. The van der Waals surface area contributed by atoms with Gasteiger partial charge in [-0.3, -0.25) is 10.00 Å². The molecule has 2 atom stereocenters. The summed E-state index contributed by atoms with van der Waals surface area (Å²) in [5, 5.41) is 20.9. The molecule has 2 N–H and O–H groups in total. The maximum atomic E-state index is 9.25. The van der Waals surface area contributed by atoms with Gasteiger partial charge in [-0.1, -0.05) is 6.07 Å². The fraction of sp³-hybridized carbons (Fsp3) is 0.333. The summed E-state index contributed by atoms with van der Waals surface area (Å²) in [7, 11) is 0. The van der Waals surface area contributed by atoms with Crippen LogP contribution in [0.4, 0.5) is 5.82 Å². The van der Waals surface area contributed by atoms with Gasteiger partial charge < -0.3 is 10.0 Å². The second-order valence-corrected chi connectivity index (χ2v) is 11.0. The number of hydrogen-bond acceptors (Lipinski definition) is 9. The lowest BCUT2D eigenvalue weighted by atomic mass is 9.87. The molecule has 3 saturated heterocycles. The standard InChI is InChI=1S/C30H32N10O/c1-19-9-24(11-25-10-20(2)35-36-25)34-30(33-19)22-4-6-28(32-14-22)38-16-26-12-27(17-38)39(26)15-21-3-5-29(31-13-21)40-8-7-23(18-41)37-40/h3-10,13-14,26-27,41H,11-12,15-18H2,1-2H3,(H,35,36). The first-order valence-corrected chi connectivity index (χ1v) is 13.9. The monoisotopic (exact) mass is 548 g/mol. The van der Waals surface area contributed by atoms with E-state index in [0.717, 1.165) is 59.6 Å². The van der Waals surface area contributed by atoms with Crippen LogP contribution in [0.1, 0.15) is 40.5 Å². The third-order valence-electron chi connectivity index (χ3n) is 7.92. The Bertz CT molecular complexity index is 1650. The molecule has 0 radical (unpaired) electrons. The molecule has 0 saturated carbocycles. The summed E-state index contributed by atoms with van der Waals surface area (Å²) in [4.78, 5) is 23.8. The summed E-state index contributed by atoms with van der Waals surface area (Å²) in [6, 6.07) is 15.1. The van der Waals surface area contributed by atoms with Crippen molar-refractivity contribution in [2.24, 2.45) is 0 Å². The van der Waals surface area contributed by atoms with E-state index < -0.39 is 0 Å². The minimum Gasteiger partial charge on any atom is -0.390 e. The van der Waals surface area contributed by atoms with Crippen LogP contribution in [0.3, 0.4) is 0 Å². The van der Waals surface area contributed by atoms with Crippen LogP contribution in [0.25, 0.3) is 17.2 Å². The number of anilines is 1. The van der Waals surface area contributed by atoms with Gasteiger partial charge in [-0.15, -0.1) is 0 Å². The van der Waals surface area contributed by atoms with Crippen molar-refractivity contribution in [2.75, 3.05) is 18.0 Å². The van der Waals surface area contributed by atoms with Crippen LogP contribution in [0.15, 0.2) is 61.1 Å². The highest BCUT2D eigenvalue weighted by atomic mass is 16.3. The lowest BCUT2D eigenvalue weighted by Gasteiger charge is -2.56. The van der Waals surface area contributed by atoms with E-state index >= 15 is 0 Å². The second kappa shape index (κ2) is 10.5. The summed E-state index contributed by atoms with van der Waals surface area (Å²) < 4.78 is 1.69. The lowest BCUT2D eigenvalue weighted by molar-refractivity contribution is -0.00875. The van der Waals surface area contributed by atoms with Gasteiger partial charge in [0.1, 0.15) is 5.82 Å². The SMILES string of the molecule is Cc1cc(Cc2cc(C)[nH]n2)nc(-c2ccc(N3CC4CC(C3)N4Cc3ccc(-n4ccc(CO)n4)nc3)nc2)n1. The van der Waals surface area contributed by atoms with Crippen LogP contribution in [0.5, 0.6) is 0 Å². The van der Waals surface area contributed by atoms with Crippen molar-refractivity contribution < 1.29 is 5.11 Å². The molecule has 2 unspecified atom stereocenters. The maximum absolute atomic E-state index is 9.25. The van der Waals surface area contributed by atoms with Gasteiger partial charge in [0, 0.05) is 73.7 Å². The number of pyridine rings is 2. The van der Waals surface area contributed by atoms with Gasteiger partial charge in [-0.05, 0) is 62.2 Å². The number of aliphatic hydroxyl groups is 1. The Hall–Kier alpha value is -4.48. The Morgan fingerprint density at radius 1 is 0.902 bits per heavy atom. The van der Waals surface area contributed by atoms with Crippen molar-refractivity contribution in [3.8, 4) is 17.2 Å². The van der Waals surface area contributed by atoms with E-state index in [2.05, 4.69) is 53.3 Å². The van der Waals surface area contributed by atoms with Gasteiger partial charge in [-0.25, -0.2) is 24.6 Å². The summed E-state index contributed by atoms with van der Waals surface area (Å²) in [5.74, 6) is 2.44. The Kier molecular flexibility index (Phi) is 6.52. The Balaban J connectivity index is 0.983. The molecule has 5 aromatic heterocycles. The predicted molar refractivity (Wildman–Crippen MR) is 153 cm³/mol. The van der Waals surface area contributed by atoms with Crippen LogP contribution in [-0.4, -0.2) is 75.1 Å². The highest BCUT2D eigenvalue weighted by Crippen LogP contribution is 2.35. The lowest BCUT2D eigenvalue weighted by Crippen LogP contribution is -2.68. The number of rotatable bonds is 8. The molecule has 0 amide bonds. The summed E-state index contributed by atoms with van der Waals surface area (Å²) in [6.45, 7) is 6.72. The summed E-state index contributed by atoms with van der Waals surface area (Å²) >= 11 is 0. The van der Waals surface area contributed by atoms with Crippen LogP contribution in [0, 0.1) is 13.8 Å². The van der Waals surface area contributed by atoms with E-state index in [1.165, 1.54) is 12.0 Å². The average Bonchev–Trinajstić information content (AvgIpc) is 3.65. The Morgan fingerprint density at radius 2 is 1.73 bits per heavy atom. The summed E-state index contributed by atoms with van der Waals surface area (Å²) in [6.07, 6.45) is 7.51. The van der Waals surface area contributed by atoms with E-state index in [1.807, 2.05) is 50.6 Å². The minimum absolute atomic E-state index is 0.0749. The third kappa shape index (κ3) is 5.21. The van der Waals surface area contributed by atoms with Crippen molar-refractivity contribution in [1.29, 1.82) is 0 Å².